The van der Waals surface area contributed by atoms with E-state index in [-0.39, 0.29) is 11.8 Å². The molecular weight excluding hydrogens is 156 g/mol. The van der Waals surface area contributed by atoms with E-state index in [0.29, 0.717) is 22.5 Å². The Morgan fingerprint density at radius 2 is 1.17 bits per heavy atom. The van der Waals surface area contributed by atoms with Crippen molar-refractivity contribution in [1.82, 2.24) is 10.6 Å². The highest BCUT2D eigenvalue weighted by atomic mass is 16.2. The van der Waals surface area contributed by atoms with Gasteiger partial charge in [-0.05, 0) is 13.8 Å². The smallest absolute Gasteiger partial charge is 0.258 e. The Labute approximate surface area is 69.3 Å². The topological polar surface area (TPSA) is 58.2 Å². The van der Waals surface area contributed by atoms with Crippen molar-refractivity contribution in [3.05, 3.63) is 22.5 Å². The van der Waals surface area contributed by atoms with Crippen molar-refractivity contribution >= 4 is 11.8 Å². The van der Waals surface area contributed by atoms with Crippen LogP contribution in [0.25, 0.3) is 0 Å². The molecule has 0 aromatic heterocycles. The number of hydrogen-bond acceptors (Lipinski definition) is 2. The van der Waals surface area contributed by atoms with Gasteiger partial charge in [0.2, 0.25) is 0 Å². The van der Waals surface area contributed by atoms with Crippen LogP contribution in [0, 0.1) is 0 Å². The molecule has 2 aliphatic heterocycles. The van der Waals surface area contributed by atoms with Crippen molar-refractivity contribution in [3.8, 4) is 0 Å². The highest BCUT2D eigenvalue weighted by molar-refractivity contribution is 6.19. The normalized spacial score (nSPS) is 21.5. The Balaban J connectivity index is 2.64. The first-order chi connectivity index (χ1) is 5.61. The van der Waals surface area contributed by atoms with E-state index in [2.05, 4.69) is 10.6 Å². The molecule has 2 heterocycles. The SMILES string of the molecule is CC1=C2C(=O)NC(C)=C2C(=O)N1. The van der Waals surface area contributed by atoms with E-state index in [0.717, 1.165) is 0 Å². The van der Waals surface area contributed by atoms with Gasteiger partial charge in [0.1, 0.15) is 0 Å². The van der Waals surface area contributed by atoms with E-state index in [9.17, 15) is 9.59 Å². The average Bonchev–Trinajstić information content (AvgIpc) is 2.38. The monoisotopic (exact) mass is 164 g/mol. The number of nitrogens with one attached hydrogen (secondary N) is 2. The van der Waals surface area contributed by atoms with Crippen molar-refractivity contribution in [3.63, 3.8) is 0 Å². The van der Waals surface area contributed by atoms with E-state index in [1.165, 1.54) is 0 Å². The number of rotatable bonds is 0. The molecular formula is C8H8N2O2. The molecule has 0 saturated carbocycles. The molecule has 2 rings (SSSR count). The zero-order valence-electron chi connectivity index (χ0n) is 6.82. The minimum absolute atomic E-state index is 0.182. The molecule has 2 amide bonds. The molecule has 2 aliphatic rings. The lowest BCUT2D eigenvalue weighted by Crippen LogP contribution is -2.20. The van der Waals surface area contributed by atoms with Crippen LogP contribution in [0.5, 0.6) is 0 Å². The zero-order chi connectivity index (χ0) is 8.88. The summed E-state index contributed by atoms with van der Waals surface area (Å²) in [6, 6.07) is 0. The Kier molecular flexibility index (Phi) is 1.16. The summed E-state index contributed by atoms with van der Waals surface area (Å²) in [6.45, 7) is 3.44. The summed E-state index contributed by atoms with van der Waals surface area (Å²) in [4.78, 5) is 22.4. The van der Waals surface area contributed by atoms with Gasteiger partial charge < -0.3 is 10.6 Å². The second-order valence-electron chi connectivity index (χ2n) is 2.91. The molecule has 4 heteroatoms. The number of fused-ring (bicyclic) bond motifs is 1. The molecule has 0 aromatic carbocycles. The first-order valence-electron chi connectivity index (χ1n) is 3.66. The summed E-state index contributed by atoms with van der Waals surface area (Å²) < 4.78 is 0. The quantitative estimate of drug-likeness (QED) is 0.520. The molecule has 62 valence electrons. The third-order valence-corrected chi connectivity index (χ3v) is 2.06. The van der Waals surface area contributed by atoms with Crippen molar-refractivity contribution in [2.45, 2.75) is 13.8 Å². The van der Waals surface area contributed by atoms with Crippen molar-refractivity contribution in [1.29, 1.82) is 0 Å². The van der Waals surface area contributed by atoms with Gasteiger partial charge in [-0.25, -0.2) is 0 Å². The van der Waals surface area contributed by atoms with Gasteiger partial charge in [-0.15, -0.1) is 0 Å². The van der Waals surface area contributed by atoms with Gasteiger partial charge in [0, 0.05) is 11.4 Å². The van der Waals surface area contributed by atoms with Crippen LogP contribution in [0.15, 0.2) is 22.5 Å². The average molecular weight is 164 g/mol. The predicted molar refractivity (Wildman–Crippen MR) is 41.7 cm³/mol. The Morgan fingerprint density at radius 1 is 0.833 bits per heavy atom. The van der Waals surface area contributed by atoms with Crippen molar-refractivity contribution in [2.75, 3.05) is 0 Å². The lowest BCUT2D eigenvalue weighted by atomic mass is 10.1. The van der Waals surface area contributed by atoms with E-state index in [1.54, 1.807) is 13.8 Å². The molecule has 0 aromatic rings. The van der Waals surface area contributed by atoms with Crippen LogP contribution in [-0.4, -0.2) is 11.8 Å². The lowest BCUT2D eigenvalue weighted by Gasteiger charge is -1.97. The fraction of sp³-hybridized carbons (Fsp3) is 0.250. The fourth-order valence-electron chi connectivity index (χ4n) is 1.53. The Hall–Kier alpha value is -1.58. The van der Waals surface area contributed by atoms with Crippen LogP contribution in [0.2, 0.25) is 0 Å². The number of hydrogen-bond donors (Lipinski definition) is 2. The molecule has 0 spiro atoms. The molecule has 0 radical (unpaired) electrons. The standard InChI is InChI=1S/C8H8N2O2/c1-3-5-6(8(12)9-3)4(2)10-7(5)11/h1-2H3,(H,9,12)(H,10,11). The molecule has 12 heavy (non-hydrogen) atoms. The Morgan fingerprint density at radius 3 is 1.50 bits per heavy atom. The van der Waals surface area contributed by atoms with Crippen LogP contribution >= 0.6 is 0 Å². The van der Waals surface area contributed by atoms with E-state index in [4.69, 9.17) is 0 Å². The van der Waals surface area contributed by atoms with Crippen LogP contribution < -0.4 is 10.6 Å². The highest BCUT2D eigenvalue weighted by Crippen LogP contribution is 2.27. The molecule has 0 saturated heterocycles. The maximum atomic E-state index is 11.2. The maximum Gasteiger partial charge on any atom is 0.258 e. The highest BCUT2D eigenvalue weighted by Gasteiger charge is 2.36. The van der Waals surface area contributed by atoms with Crippen LogP contribution in [0.4, 0.5) is 0 Å². The van der Waals surface area contributed by atoms with Crippen LogP contribution in [0.1, 0.15) is 13.8 Å². The maximum absolute atomic E-state index is 11.2. The molecule has 0 bridgehead atoms. The zero-order valence-corrected chi connectivity index (χ0v) is 6.82. The summed E-state index contributed by atoms with van der Waals surface area (Å²) in [6.07, 6.45) is 0. The summed E-state index contributed by atoms with van der Waals surface area (Å²) in [5, 5.41) is 5.20. The summed E-state index contributed by atoms with van der Waals surface area (Å²) >= 11 is 0. The lowest BCUT2D eigenvalue weighted by molar-refractivity contribution is -0.117. The second-order valence-corrected chi connectivity index (χ2v) is 2.91. The van der Waals surface area contributed by atoms with Crippen LogP contribution in [-0.2, 0) is 9.59 Å². The molecule has 0 unspecified atom stereocenters. The molecule has 0 atom stereocenters. The third-order valence-electron chi connectivity index (χ3n) is 2.06. The predicted octanol–water partition coefficient (Wildman–Crippen LogP) is -0.206. The van der Waals surface area contributed by atoms with Gasteiger partial charge in [-0.3, -0.25) is 9.59 Å². The van der Waals surface area contributed by atoms with Crippen LogP contribution in [0.3, 0.4) is 0 Å². The largest absolute Gasteiger partial charge is 0.325 e. The summed E-state index contributed by atoms with van der Waals surface area (Å²) in [5.74, 6) is -0.364. The van der Waals surface area contributed by atoms with Gasteiger partial charge in [0.15, 0.2) is 0 Å². The summed E-state index contributed by atoms with van der Waals surface area (Å²) in [5.41, 5.74) is 2.28. The number of allylic oxidation sites excluding steroid dienone is 2. The number of carbonyl (C=O) groups is 2. The molecule has 0 fully saturated rings. The van der Waals surface area contributed by atoms with E-state index < -0.39 is 0 Å². The minimum atomic E-state index is -0.182. The van der Waals surface area contributed by atoms with Gasteiger partial charge in [0.05, 0.1) is 11.1 Å². The second kappa shape index (κ2) is 1.97. The minimum Gasteiger partial charge on any atom is -0.325 e. The van der Waals surface area contributed by atoms with Gasteiger partial charge in [-0.1, -0.05) is 0 Å². The molecule has 4 nitrogen and oxygen atoms in total. The van der Waals surface area contributed by atoms with E-state index >= 15 is 0 Å². The fourth-order valence-corrected chi connectivity index (χ4v) is 1.53. The summed E-state index contributed by atoms with van der Waals surface area (Å²) in [7, 11) is 0. The van der Waals surface area contributed by atoms with Gasteiger partial charge in [0.25, 0.3) is 11.8 Å². The number of carbonyl (C=O) groups excluding carboxylic acids is 2. The molecule has 0 aliphatic carbocycles. The Bertz CT molecular complexity index is 327. The van der Waals surface area contributed by atoms with E-state index in [1.807, 2.05) is 0 Å². The van der Waals surface area contributed by atoms with Crippen molar-refractivity contribution < 1.29 is 9.59 Å². The first kappa shape index (κ1) is 7.09. The molecule has 2 N–H and O–H groups in total. The third kappa shape index (κ3) is 0.664. The van der Waals surface area contributed by atoms with Crippen molar-refractivity contribution in [2.24, 2.45) is 0 Å². The number of amides is 2. The van der Waals surface area contributed by atoms with Gasteiger partial charge >= 0.3 is 0 Å². The van der Waals surface area contributed by atoms with Gasteiger partial charge in [-0.2, -0.15) is 0 Å². The first-order valence-corrected chi connectivity index (χ1v) is 3.66.